The van der Waals surface area contributed by atoms with E-state index in [9.17, 15) is 0 Å². The maximum atomic E-state index is 6.13. The van der Waals surface area contributed by atoms with Crippen molar-refractivity contribution in [1.82, 2.24) is 0 Å². The highest BCUT2D eigenvalue weighted by molar-refractivity contribution is 4.78. The lowest BCUT2D eigenvalue weighted by Gasteiger charge is -2.27. The van der Waals surface area contributed by atoms with E-state index in [4.69, 9.17) is 5.73 Å². The van der Waals surface area contributed by atoms with Crippen molar-refractivity contribution in [2.45, 2.75) is 130 Å². The van der Waals surface area contributed by atoms with E-state index < -0.39 is 0 Å². The van der Waals surface area contributed by atoms with Crippen molar-refractivity contribution in [2.75, 3.05) is 0 Å². The molecule has 0 spiro atoms. The number of rotatable bonds is 16. The summed E-state index contributed by atoms with van der Waals surface area (Å²) in [4.78, 5) is 0. The van der Waals surface area contributed by atoms with E-state index >= 15 is 0 Å². The molecule has 0 aliphatic carbocycles. The summed E-state index contributed by atoms with van der Waals surface area (Å²) >= 11 is 0. The number of hydrogen-bond donors (Lipinski definition) is 1. The smallest absolute Gasteiger partial charge is 0.0123 e. The van der Waals surface area contributed by atoms with Gasteiger partial charge in [-0.1, -0.05) is 104 Å². The molecule has 0 saturated carbocycles. The third kappa shape index (κ3) is 14.9. The van der Waals surface area contributed by atoms with Gasteiger partial charge in [-0.15, -0.1) is 0 Å². The van der Waals surface area contributed by atoms with Crippen molar-refractivity contribution in [3.63, 3.8) is 0 Å². The van der Waals surface area contributed by atoms with Gasteiger partial charge < -0.3 is 5.73 Å². The van der Waals surface area contributed by atoms with Gasteiger partial charge in [0.05, 0.1) is 0 Å². The average molecular weight is 312 g/mol. The lowest BCUT2D eigenvalue weighted by atomic mass is 9.86. The van der Waals surface area contributed by atoms with E-state index in [1.807, 2.05) is 0 Å². The van der Waals surface area contributed by atoms with Gasteiger partial charge in [0.2, 0.25) is 0 Å². The molecule has 134 valence electrons. The third-order valence-corrected chi connectivity index (χ3v) is 5.26. The monoisotopic (exact) mass is 311 g/mol. The minimum atomic E-state index is -0.00343. The number of unbranched alkanes of at least 4 members (excludes halogenated alkanes) is 13. The zero-order valence-corrected chi connectivity index (χ0v) is 16.3. The summed E-state index contributed by atoms with van der Waals surface area (Å²) < 4.78 is 0. The highest BCUT2D eigenvalue weighted by atomic mass is 14.7. The lowest BCUT2D eigenvalue weighted by Crippen LogP contribution is -2.39. The second kappa shape index (κ2) is 14.5. The Hall–Kier alpha value is -0.0400. The van der Waals surface area contributed by atoms with Crippen molar-refractivity contribution in [3.8, 4) is 0 Å². The first-order valence-electron chi connectivity index (χ1n) is 10.3. The van der Waals surface area contributed by atoms with Gasteiger partial charge in [0.25, 0.3) is 0 Å². The molecule has 1 atom stereocenters. The van der Waals surface area contributed by atoms with Crippen LogP contribution in [0, 0.1) is 5.92 Å². The van der Waals surface area contributed by atoms with E-state index in [-0.39, 0.29) is 5.54 Å². The van der Waals surface area contributed by atoms with Gasteiger partial charge in [0, 0.05) is 5.54 Å². The third-order valence-electron chi connectivity index (χ3n) is 5.26. The Bertz CT molecular complexity index is 216. The first-order chi connectivity index (χ1) is 10.5. The molecular formula is C21H45N. The van der Waals surface area contributed by atoms with Gasteiger partial charge in [-0.3, -0.25) is 0 Å². The SMILES string of the molecule is CCCCCCCCCCCCCCCCC(C)C(C)(C)N. The predicted octanol–water partition coefficient (Wildman–Crippen LogP) is 7.23. The highest BCUT2D eigenvalue weighted by Crippen LogP contribution is 2.20. The number of nitrogens with two attached hydrogens (primary N) is 1. The molecule has 0 aromatic carbocycles. The maximum absolute atomic E-state index is 6.13. The molecule has 0 aromatic heterocycles. The van der Waals surface area contributed by atoms with E-state index in [0.29, 0.717) is 5.92 Å². The van der Waals surface area contributed by atoms with Gasteiger partial charge in [-0.05, 0) is 26.2 Å². The van der Waals surface area contributed by atoms with Crippen molar-refractivity contribution < 1.29 is 0 Å². The molecule has 22 heavy (non-hydrogen) atoms. The minimum Gasteiger partial charge on any atom is -0.325 e. The van der Waals surface area contributed by atoms with E-state index in [0.717, 1.165) is 0 Å². The van der Waals surface area contributed by atoms with Crippen LogP contribution in [0.4, 0.5) is 0 Å². The van der Waals surface area contributed by atoms with Crippen LogP contribution in [0.1, 0.15) is 124 Å². The Morgan fingerprint density at radius 3 is 1.27 bits per heavy atom. The van der Waals surface area contributed by atoms with Crippen molar-refractivity contribution in [2.24, 2.45) is 11.7 Å². The molecule has 0 aliphatic heterocycles. The van der Waals surface area contributed by atoms with Crippen LogP contribution in [-0.4, -0.2) is 5.54 Å². The molecule has 0 aliphatic rings. The van der Waals surface area contributed by atoms with Crippen LogP contribution >= 0.6 is 0 Å². The summed E-state index contributed by atoms with van der Waals surface area (Å²) in [6, 6.07) is 0. The van der Waals surface area contributed by atoms with E-state index in [1.54, 1.807) is 0 Å². The van der Waals surface area contributed by atoms with Crippen molar-refractivity contribution in [3.05, 3.63) is 0 Å². The van der Waals surface area contributed by atoms with Crippen LogP contribution in [0.15, 0.2) is 0 Å². The quantitative estimate of drug-likeness (QED) is 0.299. The molecule has 1 nitrogen and oxygen atoms in total. The summed E-state index contributed by atoms with van der Waals surface area (Å²) in [6.45, 7) is 8.89. The van der Waals surface area contributed by atoms with E-state index in [2.05, 4.69) is 27.7 Å². The summed E-state index contributed by atoms with van der Waals surface area (Å²) in [5.74, 6) is 0.643. The van der Waals surface area contributed by atoms with Crippen LogP contribution in [-0.2, 0) is 0 Å². The molecular weight excluding hydrogens is 266 g/mol. The summed E-state index contributed by atoms with van der Waals surface area (Å²) in [5, 5.41) is 0. The zero-order chi connectivity index (χ0) is 16.7. The fraction of sp³-hybridized carbons (Fsp3) is 1.00. The van der Waals surface area contributed by atoms with Crippen LogP contribution in [0.2, 0.25) is 0 Å². The predicted molar refractivity (Wildman–Crippen MR) is 102 cm³/mol. The van der Waals surface area contributed by atoms with Crippen LogP contribution < -0.4 is 5.73 Å². The molecule has 0 aromatic rings. The Morgan fingerprint density at radius 1 is 0.636 bits per heavy atom. The van der Waals surface area contributed by atoms with Crippen molar-refractivity contribution >= 4 is 0 Å². The minimum absolute atomic E-state index is 0.00343. The van der Waals surface area contributed by atoms with Gasteiger partial charge in [0.15, 0.2) is 0 Å². The van der Waals surface area contributed by atoms with E-state index in [1.165, 1.54) is 96.3 Å². The number of hydrogen-bond acceptors (Lipinski definition) is 1. The molecule has 1 heteroatoms. The normalized spacial score (nSPS) is 13.5. The fourth-order valence-electron chi connectivity index (χ4n) is 3.02. The van der Waals surface area contributed by atoms with Gasteiger partial charge in [0.1, 0.15) is 0 Å². The Kier molecular flexibility index (Phi) is 14.5. The largest absolute Gasteiger partial charge is 0.325 e. The Labute approximate surface area is 141 Å². The second-order valence-corrected chi connectivity index (χ2v) is 8.11. The van der Waals surface area contributed by atoms with Gasteiger partial charge in [-0.25, -0.2) is 0 Å². The molecule has 0 fully saturated rings. The van der Waals surface area contributed by atoms with Crippen LogP contribution in [0.5, 0.6) is 0 Å². The molecule has 0 rings (SSSR count). The standard InChI is InChI=1S/C21H45N/c1-5-6-7-8-9-10-11-12-13-14-15-16-17-18-19-20(2)21(3,4)22/h20H,5-19,22H2,1-4H3. The van der Waals surface area contributed by atoms with Crippen LogP contribution in [0.25, 0.3) is 0 Å². The first-order valence-corrected chi connectivity index (χ1v) is 10.3. The van der Waals surface area contributed by atoms with Gasteiger partial charge in [-0.2, -0.15) is 0 Å². The maximum Gasteiger partial charge on any atom is 0.0123 e. The van der Waals surface area contributed by atoms with Crippen LogP contribution in [0.3, 0.4) is 0 Å². The summed E-state index contributed by atoms with van der Waals surface area (Å²) in [6.07, 6.45) is 21.4. The molecule has 1 unspecified atom stereocenters. The molecule has 0 bridgehead atoms. The summed E-state index contributed by atoms with van der Waals surface area (Å²) in [7, 11) is 0. The lowest BCUT2D eigenvalue weighted by molar-refractivity contribution is 0.316. The second-order valence-electron chi connectivity index (χ2n) is 8.11. The molecule has 0 heterocycles. The average Bonchev–Trinajstić information content (AvgIpc) is 2.46. The molecule has 0 saturated heterocycles. The molecule has 0 radical (unpaired) electrons. The fourth-order valence-corrected chi connectivity index (χ4v) is 3.02. The first kappa shape index (κ1) is 22.0. The topological polar surface area (TPSA) is 26.0 Å². The Balaban J connectivity index is 3.12. The van der Waals surface area contributed by atoms with Crippen molar-refractivity contribution in [1.29, 1.82) is 0 Å². The zero-order valence-electron chi connectivity index (χ0n) is 16.3. The molecule has 2 N–H and O–H groups in total. The summed E-state index contributed by atoms with van der Waals surface area (Å²) in [5.41, 5.74) is 6.13. The van der Waals surface area contributed by atoms with Gasteiger partial charge >= 0.3 is 0 Å². The highest BCUT2D eigenvalue weighted by Gasteiger charge is 2.19. The Morgan fingerprint density at radius 2 is 0.955 bits per heavy atom. The molecule has 0 amide bonds.